The number of anilines is 1. The standard InChI is InChI=1S/C52H42N4O11/c1-64-39-23-16-32(17-24-39)12-13-33-18-27-42-41(30-33)52(50(60)54(42)51(61)66-31-34-14-21-38(22-15-34)56(62)63)43(48(53)58)45-49(59)67-46(36-10-6-3-7-11-36)44(35-8-4-2-5-9-35)55(45)47(52)37-19-25-40(26-20-37)65-29-28-57/h2-11,14-27,30,43-47,57H,28-29,31H2,1H3,(H2,53,58). The fourth-order valence-electron chi connectivity index (χ4n) is 9.65. The van der Waals surface area contributed by atoms with E-state index in [1.165, 1.54) is 24.3 Å². The minimum Gasteiger partial charge on any atom is -0.497 e. The summed E-state index contributed by atoms with van der Waals surface area (Å²) >= 11 is 0. The maximum atomic E-state index is 16.1. The number of aliphatic hydroxyl groups is 1. The molecular weight excluding hydrogens is 857 g/mol. The van der Waals surface area contributed by atoms with Crippen LogP contribution in [0.1, 0.15) is 57.1 Å². The summed E-state index contributed by atoms with van der Waals surface area (Å²) in [7, 11) is 1.56. The molecule has 0 aromatic heterocycles. The lowest BCUT2D eigenvalue weighted by Crippen LogP contribution is -2.55. The molecule has 0 bridgehead atoms. The summed E-state index contributed by atoms with van der Waals surface area (Å²) in [5, 5.41) is 20.9. The Hall–Kier alpha value is -8.32. The highest BCUT2D eigenvalue weighted by Gasteiger charge is 2.75. The molecule has 15 heteroatoms. The number of rotatable bonds is 11. The van der Waals surface area contributed by atoms with Crippen molar-refractivity contribution in [2.24, 2.45) is 11.7 Å². The molecule has 3 amide bonds. The SMILES string of the molecule is COc1ccc(C#Cc2ccc3c(c2)C2(C(=O)N3C(=O)OCc3ccc([N+](=O)[O-])cc3)C(C(N)=O)C3C(=O)OC(c4ccccc4)C(c4ccccc4)N3C2c2ccc(OCCO)cc2)cc1. The van der Waals surface area contributed by atoms with E-state index in [0.717, 1.165) is 4.90 Å². The Morgan fingerprint density at radius 1 is 0.791 bits per heavy atom. The third-order valence-electron chi connectivity index (χ3n) is 12.5. The zero-order chi connectivity index (χ0) is 46.8. The second kappa shape index (κ2) is 18.3. The van der Waals surface area contributed by atoms with E-state index < -0.39 is 64.4 Å². The van der Waals surface area contributed by atoms with Gasteiger partial charge in [0.25, 0.3) is 5.69 Å². The van der Waals surface area contributed by atoms with E-state index in [0.29, 0.717) is 44.9 Å². The van der Waals surface area contributed by atoms with Crippen molar-refractivity contribution in [1.82, 2.24) is 4.90 Å². The number of nitro groups is 1. The molecule has 6 aromatic carbocycles. The van der Waals surface area contributed by atoms with Gasteiger partial charge in [0.1, 0.15) is 42.3 Å². The molecular formula is C52H42N4O11. The molecule has 6 aromatic rings. The highest BCUT2D eigenvalue weighted by molar-refractivity contribution is 6.23. The maximum absolute atomic E-state index is 16.1. The molecule has 3 heterocycles. The minimum atomic E-state index is -2.12. The number of hydrogen-bond acceptors (Lipinski definition) is 12. The van der Waals surface area contributed by atoms with Crippen LogP contribution in [0.25, 0.3) is 0 Å². The molecule has 0 radical (unpaired) electrons. The van der Waals surface area contributed by atoms with Crippen molar-refractivity contribution in [3.63, 3.8) is 0 Å². The molecule has 0 aliphatic carbocycles. The van der Waals surface area contributed by atoms with E-state index in [4.69, 9.17) is 24.7 Å². The first-order valence-corrected chi connectivity index (χ1v) is 21.3. The largest absolute Gasteiger partial charge is 0.497 e. The number of morpholine rings is 1. The second-order valence-electron chi connectivity index (χ2n) is 16.1. The monoisotopic (exact) mass is 898 g/mol. The van der Waals surface area contributed by atoms with Crippen LogP contribution in [0.5, 0.6) is 11.5 Å². The van der Waals surface area contributed by atoms with Crippen molar-refractivity contribution in [3.05, 3.63) is 201 Å². The van der Waals surface area contributed by atoms with Crippen molar-refractivity contribution in [1.29, 1.82) is 0 Å². The number of ether oxygens (including phenoxy) is 4. The van der Waals surface area contributed by atoms with Crippen LogP contribution in [-0.2, 0) is 35.9 Å². The number of cyclic esters (lactones) is 1. The minimum absolute atomic E-state index is 0.00842. The third kappa shape index (κ3) is 7.88. The molecule has 9 rings (SSSR count). The lowest BCUT2D eigenvalue weighted by Gasteiger charge is -2.46. The zero-order valence-corrected chi connectivity index (χ0v) is 35.9. The number of amides is 3. The van der Waals surface area contributed by atoms with Crippen LogP contribution in [0.15, 0.2) is 152 Å². The van der Waals surface area contributed by atoms with Crippen molar-refractivity contribution in [2.45, 2.75) is 36.3 Å². The lowest BCUT2D eigenvalue weighted by molar-refractivity contribution is -0.384. The molecule has 336 valence electrons. The Balaban J connectivity index is 1.28. The van der Waals surface area contributed by atoms with Gasteiger partial charge in [0, 0.05) is 23.3 Å². The third-order valence-corrected chi connectivity index (χ3v) is 12.5. The molecule has 3 aliphatic rings. The number of hydrogen-bond donors (Lipinski definition) is 2. The Morgan fingerprint density at radius 2 is 1.42 bits per heavy atom. The Kier molecular flexibility index (Phi) is 12.0. The van der Waals surface area contributed by atoms with E-state index in [9.17, 15) is 29.6 Å². The number of methoxy groups -OCH3 is 1. The Labute approximate surface area is 384 Å². The first-order valence-electron chi connectivity index (χ1n) is 21.3. The van der Waals surface area contributed by atoms with Gasteiger partial charge in [-0.3, -0.25) is 29.4 Å². The van der Waals surface area contributed by atoms with Gasteiger partial charge in [0.2, 0.25) is 11.8 Å². The van der Waals surface area contributed by atoms with Crippen LogP contribution in [0.4, 0.5) is 16.2 Å². The van der Waals surface area contributed by atoms with Crippen LogP contribution < -0.4 is 20.1 Å². The summed E-state index contributed by atoms with van der Waals surface area (Å²) in [6.07, 6.45) is -2.06. The Morgan fingerprint density at radius 3 is 2.04 bits per heavy atom. The van der Waals surface area contributed by atoms with Gasteiger partial charge < -0.3 is 29.8 Å². The number of carbonyl (C=O) groups excluding carboxylic acids is 4. The number of nitro benzene ring substituents is 1. The van der Waals surface area contributed by atoms with Crippen LogP contribution in [0, 0.1) is 27.9 Å². The summed E-state index contributed by atoms with van der Waals surface area (Å²) in [5.74, 6) is 3.00. The number of non-ortho nitro benzene ring substituents is 1. The summed E-state index contributed by atoms with van der Waals surface area (Å²) in [6, 6.07) is 39.0. The molecule has 6 atom stereocenters. The average molecular weight is 899 g/mol. The first kappa shape index (κ1) is 43.9. The first-order chi connectivity index (χ1) is 32.5. The van der Waals surface area contributed by atoms with Gasteiger partial charge >= 0.3 is 12.1 Å². The predicted octanol–water partition coefficient (Wildman–Crippen LogP) is 6.86. The molecule has 3 N–H and O–H groups in total. The maximum Gasteiger partial charge on any atom is 0.421 e. The number of aliphatic hydroxyl groups excluding tert-OH is 1. The van der Waals surface area contributed by atoms with Crippen molar-refractivity contribution >= 4 is 35.3 Å². The number of esters is 1. The highest BCUT2D eigenvalue weighted by atomic mass is 16.6. The van der Waals surface area contributed by atoms with Crippen LogP contribution in [0.2, 0.25) is 0 Å². The second-order valence-corrected chi connectivity index (χ2v) is 16.1. The van der Waals surface area contributed by atoms with Gasteiger partial charge in [-0.2, -0.15) is 0 Å². The van der Waals surface area contributed by atoms with E-state index in [2.05, 4.69) is 11.8 Å². The predicted molar refractivity (Wildman–Crippen MR) is 242 cm³/mol. The lowest BCUT2D eigenvalue weighted by atomic mass is 9.65. The fourth-order valence-corrected chi connectivity index (χ4v) is 9.65. The number of fused-ring (bicyclic) bond motifs is 3. The molecule has 67 heavy (non-hydrogen) atoms. The number of benzene rings is 6. The molecule has 15 nitrogen and oxygen atoms in total. The molecule has 2 fully saturated rings. The van der Waals surface area contributed by atoms with E-state index in [1.54, 1.807) is 73.8 Å². The van der Waals surface area contributed by atoms with E-state index >= 15 is 4.79 Å². The Bertz CT molecular complexity index is 2920. The summed E-state index contributed by atoms with van der Waals surface area (Å²) in [6.45, 7) is -0.604. The topological polar surface area (TPSA) is 201 Å². The van der Waals surface area contributed by atoms with Crippen LogP contribution >= 0.6 is 0 Å². The molecule has 6 unspecified atom stereocenters. The van der Waals surface area contributed by atoms with Gasteiger partial charge in [-0.05, 0) is 94.5 Å². The van der Waals surface area contributed by atoms with Gasteiger partial charge in [0.05, 0.1) is 42.3 Å². The zero-order valence-electron chi connectivity index (χ0n) is 35.9. The van der Waals surface area contributed by atoms with Gasteiger partial charge in [-0.15, -0.1) is 0 Å². The molecule has 0 saturated carbocycles. The average Bonchev–Trinajstić information content (AvgIpc) is 3.81. The summed E-state index contributed by atoms with van der Waals surface area (Å²) < 4.78 is 23.2. The molecule has 1 spiro atoms. The molecule has 2 saturated heterocycles. The number of nitrogens with zero attached hydrogens (tertiary/aromatic N) is 3. The van der Waals surface area contributed by atoms with Gasteiger partial charge in [0.15, 0.2) is 0 Å². The van der Waals surface area contributed by atoms with Crippen molar-refractivity contribution in [3.8, 4) is 23.3 Å². The molecule has 3 aliphatic heterocycles. The van der Waals surface area contributed by atoms with Crippen molar-refractivity contribution in [2.75, 3.05) is 25.2 Å². The highest BCUT2D eigenvalue weighted by Crippen LogP contribution is 2.65. The van der Waals surface area contributed by atoms with E-state index in [-0.39, 0.29) is 36.8 Å². The van der Waals surface area contributed by atoms with Gasteiger partial charge in [-0.1, -0.05) is 84.6 Å². The van der Waals surface area contributed by atoms with Crippen LogP contribution in [0.3, 0.4) is 0 Å². The fraction of sp³-hybridized carbons (Fsp3) is 0.192. The number of nitrogens with two attached hydrogens (primary N) is 1. The normalized spacial score (nSPS) is 21.6. The van der Waals surface area contributed by atoms with E-state index in [1.807, 2.05) is 65.6 Å². The summed E-state index contributed by atoms with van der Waals surface area (Å²) in [5.41, 5.74) is 7.72. The van der Waals surface area contributed by atoms with Crippen LogP contribution in [-0.4, -0.2) is 65.2 Å². The smallest absolute Gasteiger partial charge is 0.421 e. The van der Waals surface area contributed by atoms with Gasteiger partial charge in [-0.25, -0.2) is 9.69 Å². The van der Waals surface area contributed by atoms with Crippen molar-refractivity contribution < 1.29 is 48.2 Å². The number of carbonyl (C=O) groups is 4. The quantitative estimate of drug-likeness (QED) is 0.0593. The number of primary amides is 1. The number of imide groups is 1. The summed E-state index contributed by atoms with van der Waals surface area (Å²) in [4.78, 5) is 73.7.